The molecule has 0 atom stereocenters. The van der Waals surface area contributed by atoms with Gasteiger partial charge in [0.1, 0.15) is 10.0 Å². The highest BCUT2D eigenvalue weighted by Crippen LogP contribution is 2.26. The number of nitrogens with zero attached hydrogens (tertiary/aromatic N) is 3. The third-order valence-electron chi connectivity index (χ3n) is 4.26. The van der Waals surface area contributed by atoms with Crippen LogP contribution >= 0.6 is 109 Å². The Balaban J connectivity index is 0.000000214. The van der Waals surface area contributed by atoms with Crippen LogP contribution < -0.4 is 11.1 Å². The molecule has 196 valence electrons. The van der Waals surface area contributed by atoms with Gasteiger partial charge in [-0.3, -0.25) is 9.59 Å². The standard InChI is InChI=1S/C11H6Cl4N2O.C7H5BrCl2.C4H2Cl2N2O/c12-7-2-1-3-8(13)6(7)5-17-11(18)10(15)9(14)4-16-17;8-4-5-6(9)2-1-3-7(5)10;5-2-1-7-8-4(9)3(2)6/h1-4H,5H2;1-3H,4H2;1H,(H,8,9). The molecular formula is C22H13BrCl8N4O2. The molecule has 6 nitrogen and oxygen atoms in total. The van der Waals surface area contributed by atoms with Gasteiger partial charge in [0.25, 0.3) is 11.1 Å². The average Bonchev–Trinajstić information content (AvgIpc) is 2.86. The molecular weight excluding hydrogens is 716 g/mol. The van der Waals surface area contributed by atoms with Gasteiger partial charge in [-0.1, -0.05) is 121 Å². The first-order chi connectivity index (χ1) is 17.5. The molecule has 0 saturated heterocycles. The van der Waals surface area contributed by atoms with Crippen molar-refractivity contribution in [3.05, 3.63) is 121 Å². The van der Waals surface area contributed by atoms with Crippen LogP contribution in [0.25, 0.3) is 0 Å². The second-order valence-corrected chi connectivity index (χ2v) is 10.4. The summed E-state index contributed by atoms with van der Waals surface area (Å²) >= 11 is 49.2. The lowest BCUT2D eigenvalue weighted by atomic mass is 10.2. The number of nitrogens with one attached hydrogen (secondary N) is 1. The highest BCUT2D eigenvalue weighted by Gasteiger charge is 2.11. The SMILES string of the molecule is Clc1cccc(Cl)c1CBr.O=c1[nH]ncc(Cl)c1Cl.O=c1c(Cl)c(Cl)cnn1Cc1c(Cl)cccc1Cl. The van der Waals surface area contributed by atoms with Crippen molar-refractivity contribution in [2.45, 2.75) is 11.9 Å². The Morgan fingerprint density at radius 3 is 1.62 bits per heavy atom. The van der Waals surface area contributed by atoms with Gasteiger partial charge in [-0.2, -0.15) is 10.2 Å². The molecule has 4 rings (SSSR count). The van der Waals surface area contributed by atoms with Crippen LogP contribution in [0.5, 0.6) is 0 Å². The van der Waals surface area contributed by atoms with E-state index in [0.717, 1.165) is 10.2 Å². The van der Waals surface area contributed by atoms with Crippen LogP contribution in [-0.2, 0) is 11.9 Å². The Labute approximate surface area is 259 Å². The summed E-state index contributed by atoms with van der Waals surface area (Å²) < 4.78 is 1.15. The van der Waals surface area contributed by atoms with Crippen molar-refractivity contribution in [2.24, 2.45) is 0 Å². The molecule has 2 aromatic heterocycles. The van der Waals surface area contributed by atoms with Gasteiger partial charge >= 0.3 is 0 Å². The number of halogens is 9. The minimum Gasteiger partial charge on any atom is -0.266 e. The van der Waals surface area contributed by atoms with Crippen LogP contribution in [0.3, 0.4) is 0 Å². The van der Waals surface area contributed by atoms with Crippen molar-refractivity contribution in [3.63, 3.8) is 0 Å². The monoisotopic (exact) mass is 724 g/mol. The Hall–Kier alpha value is -1.00. The highest BCUT2D eigenvalue weighted by molar-refractivity contribution is 9.08. The van der Waals surface area contributed by atoms with Crippen LogP contribution in [-0.4, -0.2) is 20.0 Å². The molecule has 2 heterocycles. The van der Waals surface area contributed by atoms with E-state index in [-0.39, 0.29) is 26.6 Å². The van der Waals surface area contributed by atoms with Crippen LogP contribution in [0.1, 0.15) is 11.1 Å². The molecule has 0 aliphatic carbocycles. The molecule has 37 heavy (non-hydrogen) atoms. The Morgan fingerprint density at radius 2 is 1.19 bits per heavy atom. The van der Waals surface area contributed by atoms with Gasteiger partial charge in [-0.05, 0) is 29.8 Å². The second-order valence-electron chi connectivity index (χ2n) is 6.66. The quantitative estimate of drug-likeness (QED) is 0.214. The van der Waals surface area contributed by atoms with E-state index in [1.54, 1.807) is 18.2 Å². The van der Waals surface area contributed by atoms with E-state index in [2.05, 4.69) is 31.2 Å². The van der Waals surface area contributed by atoms with Crippen LogP contribution in [0, 0.1) is 0 Å². The molecule has 0 radical (unpaired) electrons. The van der Waals surface area contributed by atoms with Gasteiger partial charge in [0.15, 0.2) is 0 Å². The van der Waals surface area contributed by atoms with E-state index in [1.165, 1.54) is 12.4 Å². The Morgan fingerprint density at radius 1 is 0.703 bits per heavy atom. The molecule has 2 aromatic carbocycles. The van der Waals surface area contributed by atoms with Crippen molar-refractivity contribution >= 4 is 109 Å². The predicted octanol–water partition coefficient (Wildman–Crippen LogP) is 8.87. The fourth-order valence-electron chi connectivity index (χ4n) is 2.41. The first-order valence-electron chi connectivity index (χ1n) is 9.69. The van der Waals surface area contributed by atoms with Crippen molar-refractivity contribution < 1.29 is 0 Å². The van der Waals surface area contributed by atoms with Gasteiger partial charge in [0.05, 0.1) is 29.0 Å². The molecule has 0 bridgehead atoms. The van der Waals surface area contributed by atoms with E-state index in [4.69, 9.17) is 92.8 Å². The number of aromatic nitrogens is 4. The zero-order valence-electron chi connectivity index (χ0n) is 18.1. The van der Waals surface area contributed by atoms with E-state index in [0.29, 0.717) is 31.0 Å². The van der Waals surface area contributed by atoms with E-state index in [1.807, 2.05) is 18.2 Å². The number of aromatic amines is 1. The molecule has 0 aliphatic heterocycles. The van der Waals surface area contributed by atoms with E-state index < -0.39 is 11.1 Å². The van der Waals surface area contributed by atoms with Crippen molar-refractivity contribution in [3.8, 4) is 0 Å². The van der Waals surface area contributed by atoms with Gasteiger partial charge < -0.3 is 0 Å². The summed E-state index contributed by atoms with van der Waals surface area (Å²) in [7, 11) is 0. The number of alkyl halides is 1. The lowest BCUT2D eigenvalue weighted by Gasteiger charge is -2.08. The maximum atomic E-state index is 11.8. The van der Waals surface area contributed by atoms with Crippen molar-refractivity contribution in [2.75, 3.05) is 0 Å². The molecule has 0 fully saturated rings. The Bertz CT molecular complexity index is 1460. The van der Waals surface area contributed by atoms with Gasteiger partial charge in [0, 0.05) is 31.0 Å². The molecule has 0 unspecified atom stereocenters. The second kappa shape index (κ2) is 15.6. The van der Waals surface area contributed by atoms with Crippen molar-refractivity contribution in [1.29, 1.82) is 0 Å². The van der Waals surface area contributed by atoms with Gasteiger partial charge in [0.2, 0.25) is 0 Å². The summed E-state index contributed by atoms with van der Waals surface area (Å²) in [5, 5.41) is 12.6. The molecule has 0 amide bonds. The molecule has 4 aromatic rings. The summed E-state index contributed by atoms with van der Waals surface area (Å²) in [6.07, 6.45) is 2.57. The van der Waals surface area contributed by atoms with Gasteiger partial charge in [-0.25, -0.2) is 9.78 Å². The van der Waals surface area contributed by atoms with Crippen LogP contribution in [0.4, 0.5) is 0 Å². The fourth-order valence-corrected chi connectivity index (χ4v) is 4.88. The molecule has 15 heteroatoms. The summed E-state index contributed by atoms with van der Waals surface area (Å²) in [4.78, 5) is 22.3. The third-order valence-corrected chi connectivity index (χ3v) is 7.74. The normalized spacial score (nSPS) is 10.2. The fraction of sp³-hybridized carbons (Fsp3) is 0.0909. The lowest BCUT2D eigenvalue weighted by Crippen LogP contribution is -2.24. The van der Waals surface area contributed by atoms with E-state index >= 15 is 0 Å². The minimum atomic E-state index is -0.486. The summed E-state index contributed by atoms with van der Waals surface area (Å²) in [5.41, 5.74) is 0.601. The number of benzene rings is 2. The maximum absolute atomic E-state index is 11.8. The average molecular weight is 729 g/mol. The summed E-state index contributed by atoms with van der Waals surface area (Å²) in [5.74, 6) is 0. The number of hydrogen-bond acceptors (Lipinski definition) is 4. The number of H-pyrrole nitrogens is 1. The third kappa shape index (κ3) is 9.31. The molecule has 1 N–H and O–H groups in total. The van der Waals surface area contributed by atoms with Crippen LogP contribution in [0.2, 0.25) is 40.2 Å². The first kappa shape index (κ1) is 32.2. The zero-order chi connectivity index (χ0) is 27.7. The minimum absolute atomic E-state index is 0.0216. The summed E-state index contributed by atoms with van der Waals surface area (Å²) in [6, 6.07) is 10.6. The maximum Gasteiger partial charge on any atom is 0.287 e. The zero-order valence-corrected chi connectivity index (χ0v) is 25.7. The number of hydrogen-bond donors (Lipinski definition) is 1. The van der Waals surface area contributed by atoms with Crippen LogP contribution in [0.15, 0.2) is 58.4 Å². The van der Waals surface area contributed by atoms with Gasteiger partial charge in [-0.15, -0.1) is 0 Å². The number of rotatable bonds is 3. The first-order valence-corrected chi connectivity index (χ1v) is 13.8. The van der Waals surface area contributed by atoms with E-state index in [9.17, 15) is 9.59 Å². The highest BCUT2D eigenvalue weighted by atomic mass is 79.9. The lowest BCUT2D eigenvalue weighted by molar-refractivity contribution is 0.639. The largest absolute Gasteiger partial charge is 0.287 e. The van der Waals surface area contributed by atoms with Crippen molar-refractivity contribution in [1.82, 2.24) is 20.0 Å². The summed E-state index contributed by atoms with van der Waals surface area (Å²) in [6.45, 7) is 0.133. The smallest absolute Gasteiger partial charge is 0.266 e. The predicted molar refractivity (Wildman–Crippen MR) is 158 cm³/mol. The topological polar surface area (TPSA) is 80.6 Å². The molecule has 0 aliphatic rings. The Kier molecular flexibility index (Phi) is 13.5. The molecule has 0 spiro atoms. The molecule has 0 saturated carbocycles.